The van der Waals surface area contributed by atoms with E-state index in [4.69, 9.17) is 10.8 Å². The van der Waals surface area contributed by atoms with Crippen LogP contribution in [0.4, 0.5) is 4.39 Å². The van der Waals surface area contributed by atoms with E-state index in [1.807, 2.05) is 0 Å². The Morgan fingerprint density at radius 1 is 1.54 bits per heavy atom. The minimum atomic E-state index is -0.650. The third-order valence-corrected chi connectivity index (χ3v) is 2.05. The number of nitrogens with two attached hydrogens (primary N) is 1. The van der Waals surface area contributed by atoms with E-state index in [2.05, 4.69) is 15.9 Å². The second-order valence-corrected chi connectivity index (χ2v) is 3.37. The van der Waals surface area contributed by atoms with Gasteiger partial charge in [0.05, 0.1) is 12.6 Å². The largest absolute Gasteiger partial charge is 0.394 e. The maximum atomic E-state index is 13.0. The summed E-state index contributed by atoms with van der Waals surface area (Å²) in [7, 11) is 0. The van der Waals surface area contributed by atoms with Gasteiger partial charge in [0.25, 0.3) is 0 Å². The maximum Gasteiger partial charge on any atom is 0.128 e. The van der Waals surface area contributed by atoms with Crippen molar-refractivity contribution in [2.24, 2.45) is 5.73 Å². The average Bonchev–Trinajstić information content (AvgIpc) is 2.08. The zero-order valence-electron chi connectivity index (χ0n) is 6.71. The Morgan fingerprint density at radius 3 is 2.69 bits per heavy atom. The van der Waals surface area contributed by atoms with Crippen LogP contribution in [0.15, 0.2) is 22.7 Å². The number of halogens is 3. The molecule has 0 fully saturated rings. The van der Waals surface area contributed by atoms with Gasteiger partial charge in [0.2, 0.25) is 0 Å². The molecule has 0 aromatic heterocycles. The highest BCUT2D eigenvalue weighted by Crippen LogP contribution is 2.19. The molecule has 0 aliphatic carbocycles. The molecule has 1 atom stereocenters. The summed E-state index contributed by atoms with van der Waals surface area (Å²) < 4.78 is 13.7. The van der Waals surface area contributed by atoms with E-state index in [1.54, 1.807) is 12.1 Å². The quantitative estimate of drug-likeness (QED) is 0.863. The Kier molecular flexibility index (Phi) is 5.48. The molecule has 0 saturated heterocycles. The van der Waals surface area contributed by atoms with Gasteiger partial charge in [-0.15, -0.1) is 12.4 Å². The van der Waals surface area contributed by atoms with Crippen molar-refractivity contribution in [3.8, 4) is 0 Å². The van der Waals surface area contributed by atoms with E-state index in [0.717, 1.165) is 4.47 Å². The first kappa shape index (κ1) is 12.8. The van der Waals surface area contributed by atoms with E-state index in [9.17, 15) is 4.39 Å². The fourth-order valence-corrected chi connectivity index (χ4v) is 1.28. The molecular weight excluding hydrogens is 260 g/mol. The number of aliphatic hydroxyl groups is 1. The van der Waals surface area contributed by atoms with Crippen LogP contribution < -0.4 is 5.73 Å². The van der Waals surface area contributed by atoms with Gasteiger partial charge < -0.3 is 10.8 Å². The summed E-state index contributed by atoms with van der Waals surface area (Å²) in [6.45, 7) is -0.257. The molecule has 0 aliphatic heterocycles. The summed E-state index contributed by atoms with van der Waals surface area (Å²) in [6, 6.07) is 3.82. The van der Waals surface area contributed by atoms with Crippen molar-refractivity contribution in [2.45, 2.75) is 6.04 Å². The lowest BCUT2D eigenvalue weighted by molar-refractivity contribution is 0.265. The first-order chi connectivity index (χ1) is 5.65. The Morgan fingerprint density at radius 2 is 2.15 bits per heavy atom. The Bertz CT molecular complexity index is 285. The van der Waals surface area contributed by atoms with Crippen molar-refractivity contribution in [1.82, 2.24) is 0 Å². The number of benzene rings is 1. The molecule has 0 radical (unpaired) electrons. The van der Waals surface area contributed by atoms with E-state index >= 15 is 0 Å². The van der Waals surface area contributed by atoms with Crippen LogP contribution in [0.3, 0.4) is 0 Å². The highest BCUT2D eigenvalue weighted by molar-refractivity contribution is 9.10. The predicted molar refractivity (Wildman–Crippen MR) is 55.4 cm³/mol. The third kappa shape index (κ3) is 3.23. The molecule has 0 amide bonds. The molecule has 0 aliphatic rings. The number of hydrogen-bond acceptors (Lipinski definition) is 2. The van der Waals surface area contributed by atoms with Gasteiger partial charge in [-0.05, 0) is 18.2 Å². The van der Waals surface area contributed by atoms with Gasteiger partial charge in [-0.2, -0.15) is 0 Å². The monoisotopic (exact) mass is 269 g/mol. The Labute approximate surface area is 90.5 Å². The summed E-state index contributed by atoms with van der Waals surface area (Å²) in [6.07, 6.45) is 0. The molecule has 1 aromatic carbocycles. The van der Waals surface area contributed by atoms with E-state index < -0.39 is 6.04 Å². The molecule has 0 bridgehead atoms. The number of aliphatic hydroxyl groups excluding tert-OH is 1. The Hall–Kier alpha value is -0.160. The van der Waals surface area contributed by atoms with Gasteiger partial charge in [0.15, 0.2) is 0 Å². The summed E-state index contributed by atoms with van der Waals surface area (Å²) >= 11 is 3.19. The van der Waals surface area contributed by atoms with Crippen LogP contribution in [-0.4, -0.2) is 11.7 Å². The zero-order valence-corrected chi connectivity index (χ0v) is 9.11. The molecular formula is C8H10BrClFNO. The molecule has 0 saturated carbocycles. The molecule has 0 heterocycles. The van der Waals surface area contributed by atoms with Gasteiger partial charge in [-0.1, -0.05) is 15.9 Å². The van der Waals surface area contributed by atoms with E-state index in [-0.39, 0.29) is 24.8 Å². The van der Waals surface area contributed by atoms with Gasteiger partial charge >= 0.3 is 0 Å². The fourth-order valence-electron chi connectivity index (χ4n) is 0.897. The van der Waals surface area contributed by atoms with Crippen LogP contribution in [-0.2, 0) is 0 Å². The topological polar surface area (TPSA) is 46.2 Å². The molecule has 1 rings (SSSR count). The minimum absolute atomic E-state index is 0. The van der Waals surface area contributed by atoms with Gasteiger partial charge in [-0.3, -0.25) is 0 Å². The first-order valence-corrected chi connectivity index (χ1v) is 4.26. The molecule has 0 spiro atoms. The smallest absolute Gasteiger partial charge is 0.128 e. The maximum absolute atomic E-state index is 13.0. The van der Waals surface area contributed by atoms with Gasteiger partial charge in [0, 0.05) is 10.0 Å². The lowest BCUT2D eigenvalue weighted by atomic mass is 10.1. The van der Waals surface area contributed by atoms with Crippen LogP contribution in [0, 0.1) is 5.82 Å². The Balaban J connectivity index is 0.00000144. The second kappa shape index (κ2) is 5.54. The van der Waals surface area contributed by atoms with Crippen molar-refractivity contribution >= 4 is 28.3 Å². The SMILES string of the molecule is Cl.NC(CO)c1cc(Br)ccc1F. The highest BCUT2D eigenvalue weighted by Gasteiger charge is 2.09. The second-order valence-electron chi connectivity index (χ2n) is 2.45. The normalized spacial score (nSPS) is 12.0. The average molecular weight is 271 g/mol. The van der Waals surface area contributed by atoms with Crippen LogP contribution in [0.5, 0.6) is 0 Å². The number of rotatable bonds is 2. The molecule has 74 valence electrons. The van der Waals surface area contributed by atoms with Crippen LogP contribution in [0.2, 0.25) is 0 Å². The molecule has 13 heavy (non-hydrogen) atoms. The van der Waals surface area contributed by atoms with Crippen LogP contribution in [0.25, 0.3) is 0 Å². The van der Waals surface area contributed by atoms with Crippen molar-refractivity contribution in [3.05, 3.63) is 34.1 Å². The first-order valence-electron chi connectivity index (χ1n) is 3.46. The minimum Gasteiger partial charge on any atom is -0.394 e. The summed E-state index contributed by atoms with van der Waals surface area (Å²) in [5, 5.41) is 8.70. The lowest BCUT2D eigenvalue weighted by Gasteiger charge is -2.09. The highest BCUT2D eigenvalue weighted by atomic mass is 79.9. The van der Waals surface area contributed by atoms with Crippen molar-refractivity contribution < 1.29 is 9.50 Å². The van der Waals surface area contributed by atoms with E-state index in [0.29, 0.717) is 5.56 Å². The summed E-state index contributed by atoms with van der Waals surface area (Å²) in [5.41, 5.74) is 5.78. The molecule has 2 nitrogen and oxygen atoms in total. The number of hydrogen-bond donors (Lipinski definition) is 2. The summed E-state index contributed by atoms with van der Waals surface area (Å²) in [5.74, 6) is -0.389. The summed E-state index contributed by atoms with van der Waals surface area (Å²) in [4.78, 5) is 0. The molecule has 1 unspecified atom stereocenters. The third-order valence-electron chi connectivity index (χ3n) is 1.55. The van der Waals surface area contributed by atoms with Gasteiger partial charge in [0.1, 0.15) is 5.82 Å². The zero-order chi connectivity index (χ0) is 9.14. The molecule has 1 aromatic rings. The lowest BCUT2D eigenvalue weighted by Crippen LogP contribution is -2.15. The molecule has 3 N–H and O–H groups in total. The fraction of sp³-hybridized carbons (Fsp3) is 0.250. The van der Waals surface area contributed by atoms with Crippen molar-refractivity contribution in [1.29, 1.82) is 0 Å². The van der Waals surface area contributed by atoms with Crippen LogP contribution >= 0.6 is 28.3 Å². The molecule has 5 heteroatoms. The van der Waals surface area contributed by atoms with Crippen molar-refractivity contribution in [2.75, 3.05) is 6.61 Å². The predicted octanol–water partition coefficient (Wildman–Crippen LogP) is 2.00. The van der Waals surface area contributed by atoms with Crippen molar-refractivity contribution in [3.63, 3.8) is 0 Å². The van der Waals surface area contributed by atoms with Gasteiger partial charge in [-0.25, -0.2) is 4.39 Å². The van der Waals surface area contributed by atoms with Crippen LogP contribution in [0.1, 0.15) is 11.6 Å². The standard InChI is InChI=1S/C8H9BrFNO.ClH/c9-5-1-2-7(10)6(3-5)8(11)4-12;/h1-3,8,12H,4,11H2;1H. The van der Waals surface area contributed by atoms with E-state index in [1.165, 1.54) is 6.07 Å².